The van der Waals surface area contributed by atoms with Gasteiger partial charge in [-0.25, -0.2) is 28.2 Å². The van der Waals surface area contributed by atoms with E-state index in [1.165, 1.54) is 17.8 Å². The lowest BCUT2D eigenvalue weighted by Crippen LogP contribution is -2.30. The third-order valence-electron chi connectivity index (χ3n) is 4.71. The van der Waals surface area contributed by atoms with Crippen molar-refractivity contribution in [1.82, 2.24) is 29.9 Å². The molecular formula is C18H21F2N7O2. The first-order valence-corrected chi connectivity index (χ1v) is 9.07. The molecule has 0 saturated carbocycles. The van der Waals surface area contributed by atoms with Crippen LogP contribution in [-0.4, -0.2) is 62.1 Å². The quantitative estimate of drug-likeness (QED) is 0.583. The van der Waals surface area contributed by atoms with Crippen LogP contribution in [0.4, 0.5) is 14.7 Å². The van der Waals surface area contributed by atoms with Crippen LogP contribution in [0.3, 0.4) is 0 Å². The molecule has 2 unspecified atom stereocenters. The van der Waals surface area contributed by atoms with Gasteiger partial charge in [0.25, 0.3) is 0 Å². The predicted molar refractivity (Wildman–Crippen MR) is 101 cm³/mol. The SMILES string of the molecule is COc1cn2ncc(-c3nc(NC4CNCC4F)ncc3F)c2nc1C(C)(C)O. The van der Waals surface area contributed by atoms with Gasteiger partial charge in [0, 0.05) is 13.1 Å². The van der Waals surface area contributed by atoms with Crippen molar-refractivity contribution in [1.29, 1.82) is 0 Å². The monoisotopic (exact) mass is 405 g/mol. The first-order valence-electron chi connectivity index (χ1n) is 9.07. The van der Waals surface area contributed by atoms with Crippen LogP contribution >= 0.6 is 0 Å². The molecule has 4 rings (SSSR count). The average Bonchev–Trinajstić information content (AvgIpc) is 3.27. The maximum atomic E-state index is 14.6. The summed E-state index contributed by atoms with van der Waals surface area (Å²) in [5.41, 5.74) is -0.450. The molecule has 0 aromatic carbocycles. The lowest BCUT2D eigenvalue weighted by Gasteiger charge is -2.19. The fourth-order valence-electron chi connectivity index (χ4n) is 3.23. The first-order chi connectivity index (χ1) is 13.8. The fraction of sp³-hybridized carbons (Fsp3) is 0.444. The van der Waals surface area contributed by atoms with E-state index >= 15 is 0 Å². The van der Waals surface area contributed by atoms with Gasteiger partial charge in [-0.15, -0.1) is 0 Å². The smallest absolute Gasteiger partial charge is 0.223 e. The van der Waals surface area contributed by atoms with E-state index in [-0.39, 0.29) is 29.5 Å². The number of rotatable bonds is 5. The molecule has 1 aliphatic heterocycles. The van der Waals surface area contributed by atoms with Gasteiger partial charge in [0.2, 0.25) is 5.95 Å². The third-order valence-corrected chi connectivity index (χ3v) is 4.71. The molecule has 0 aliphatic carbocycles. The highest BCUT2D eigenvalue weighted by molar-refractivity contribution is 5.75. The van der Waals surface area contributed by atoms with E-state index in [2.05, 4.69) is 30.7 Å². The van der Waals surface area contributed by atoms with Crippen molar-refractivity contribution in [3.63, 3.8) is 0 Å². The van der Waals surface area contributed by atoms with Gasteiger partial charge in [-0.1, -0.05) is 0 Å². The number of aromatic nitrogens is 5. The van der Waals surface area contributed by atoms with Crippen molar-refractivity contribution in [2.75, 3.05) is 25.5 Å². The number of aliphatic hydroxyl groups is 1. The Morgan fingerprint density at radius 3 is 2.76 bits per heavy atom. The molecule has 3 aromatic heterocycles. The summed E-state index contributed by atoms with van der Waals surface area (Å²) in [6.07, 6.45) is 2.90. The zero-order valence-electron chi connectivity index (χ0n) is 16.1. The number of alkyl halides is 1. The Kier molecular flexibility index (Phi) is 4.79. The molecule has 4 heterocycles. The van der Waals surface area contributed by atoms with Gasteiger partial charge >= 0.3 is 0 Å². The second kappa shape index (κ2) is 7.16. The number of methoxy groups -OCH3 is 1. The summed E-state index contributed by atoms with van der Waals surface area (Å²) in [4.78, 5) is 12.6. The van der Waals surface area contributed by atoms with Crippen LogP contribution in [0, 0.1) is 5.82 Å². The Labute approximate surface area is 165 Å². The van der Waals surface area contributed by atoms with Gasteiger partial charge in [0.1, 0.15) is 23.2 Å². The Hall–Kier alpha value is -2.92. The third kappa shape index (κ3) is 3.58. The standard InChI is InChI=1S/C18H21F2N7O2/c1-18(2,28)15-13(29-3)8-27-16(26-15)9(4-23-27)14-11(20)6-22-17(25-14)24-12-7-21-5-10(12)19/h4,6,8,10,12,21,28H,5,7H2,1-3H3,(H,22,24,25). The van der Waals surface area contributed by atoms with Crippen molar-refractivity contribution in [3.8, 4) is 17.0 Å². The van der Waals surface area contributed by atoms with Crippen LogP contribution in [0.1, 0.15) is 19.5 Å². The van der Waals surface area contributed by atoms with Crippen molar-refractivity contribution in [2.45, 2.75) is 31.7 Å². The van der Waals surface area contributed by atoms with Gasteiger partial charge in [0.15, 0.2) is 17.2 Å². The number of ether oxygens (including phenoxy) is 1. The molecule has 0 bridgehead atoms. The molecule has 154 valence electrons. The number of hydrogen-bond donors (Lipinski definition) is 3. The predicted octanol–water partition coefficient (Wildman–Crippen LogP) is 1.28. The molecule has 11 heteroatoms. The molecule has 0 spiro atoms. The number of anilines is 1. The molecule has 0 amide bonds. The van der Waals surface area contributed by atoms with Crippen LogP contribution in [0.5, 0.6) is 5.75 Å². The highest BCUT2D eigenvalue weighted by atomic mass is 19.1. The highest BCUT2D eigenvalue weighted by Gasteiger charge is 2.28. The van der Waals surface area contributed by atoms with E-state index in [0.717, 1.165) is 6.20 Å². The van der Waals surface area contributed by atoms with Gasteiger partial charge in [-0.2, -0.15) is 5.10 Å². The molecule has 3 N–H and O–H groups in total. The number of nitrogens with one attached hydrogen (secondary N) is 2. The Bertz CT molecular complexity index is 1050. The lowest BCUT2D eigenvalue weighted by molar-refractivity contribution is 0.0707. The van der Waals surface area contributed by atoms with E-state index in [1.807, 2.05) is 0 Å². The summed E-state index contributed by atoms with van der Waals surface area (Å²) >= 11 is 0. The van der Waals surface area contributed by atoms with Gasteiger partial charge in [-0.05, 0) is 13.8 Å². The van der Waals surface area contributed by atoms with Crippen LogP contribution in [0.25, 0.3) is 16.9 Å². The number of nitrogens with zero attached hydrogens (tertiary/aromatic N) is 5. The Morgan fingerprint density at radius 2 is 2.10 bits per heavy atom. The fourth-order valence-corrected chi connectivity index (χ4v) is 3.23. The van der Waals surface area contributed by atoms with E-state index in [0.29, 0.717) is 17.9 Å². The summed E-state index contributed by atoms with van der Waals surface area (Å²) in [6.45, 7) is 3.80. The van der Waals surface area contributed by atoms with E-state index in [4.69, 9.17) is 4.74 Å². The van der Waals surface area contributed by atoms with Gasteiger partial charge in [-0.3, -0.25) is 0 Å². The molecule has 2 atom stereocenters. The molecular weight excluding hydrogens is 384 g/mol. The van der Waals surface area contributed by atoms with Crippen LogP contribution < -0.4 is 15.4 Å². The van der Waals surface area contributed by atoms with E-state index in [9.17, 15) is 13.9 Å². The summed E-state index contributed by atoms with van der Waals surface area (Å²) < 4.78 is 35.1. The molecule has 9 nitrogen and oxygen atoms in total. The summed E-state index contributed by atoms with van der Waals surface area (Å²) in [5, 5.41) is 20.4. The minimum absolute atomic E-state index is 0.0294. The Balaban J connectivity index is 1.79. The average molecular weight is 405 g/mol. The molecule has 0 radical (unpaired) electrons. The minimum atomic E-state index is -1.29. The number of fused-ring (bicyclic) bond motifs is 1. The zero-order chi connectivity index (χ0) is 20.8. The number of halogens is 2. The van der Waals surface area contributed by atoms with E-state index < -0.39 is 23.6 Å². The van der Waals surface area contributed by atoms with Gasteiger partial charge in [0.05, 0.1) is 37.3 Å². The van der Waals surface area contributed by atoms with Crippen LogP contribution in [0.15, 0.2) is 18.6 Å². The maximum absolute atomic E-state index is 14.6. The van der Waals surface area contributed by atoms with Crippen molar-refractivity contribution in [3.05, 3.63) is 30.1 Å². The molecule has 1 saturated heterocycles. The summed E-state index contributed by atoms with van der Waals surface area (Å²) in [6, 6.07) is -0.499. The lowest BCUT2D eigenvalue weighted by atomic mass is 10.0. The van der Waals surface area contributed by atoms with E-state index in [1.54, 1.807) is 20.0 Å². The van der Waals surface area contributed by atoms with Gasteiger partial charge < -0.3 is 20.5 Å². The minimum Gasteiger partial charge on any atom is -0.493 e. The summed E-state index contributed by atoms with van der Waals surface area (Å²) in [5.74, 6) is -0.226. The topological polar surface area (TPSA) is 109 Å². The summed E-state index contributed by atoms with van der Waals surface area (Å²) in [7, 11) is 1.46. The highest BCUT2D eigenvalue weighted by Crippen LogP contribution is 2.31. The maximum Gasteiger partial charge on any atom is 0.223 e. The van der Waals surface area contributed by atoms with Crippen LogP contribution in [0.2, 0.25) is 0 Å². The van der Waals surface area contributed by atoms with Crippen molar-refractivity contribution in [2.24, 2.45) is 0 Å². The van der Waals surface area contributed by atoms with Crippen molar-refractivity contribution < 1.29 is 18.6 Å². The Morgan fingerprint density at radius 1 is 1.31 bits per heavy atom. The largest absolute Gasteiger partial charge is 0.493 e. The van der Waals surface area contributed by atoms with Crippen molar-refractivity contribution >= 4 is 11.6 Å². The molecule has 3 aromatic rings. The zero-order valence-corrected chi connectivity index (χ0v) is 16.1. The second-order valence-electron chi connectivity index (χ2n) is 7.36. The number of hydrogen-bond acceptors (Lipinski definition) is 8. The normalized spacial score (nSPS) is 19.7. The first kappa shape index (κ1) is 19.4. The molecule has 1 aliphatic rings. The van der Waals surface area contributed by atoms with Crippen LogP contribution in [-0.2, 0) is 5.60 Å². The second-order valence-corrected chi connectivity index (χ2v) is 7.36. The molecule has 29 heavy (non-hydrogen) atoms. The molecule has 1 fully saturated rings.